The maximum atomic E-state index is 2.45. The summed E-state index contributed by atoms with van der Waals surface area (Å²) >= 11 is 0. The highest BCUT2D eigenvalue weighted by Crippen LogP contribution is 2.51. The molecule has 6 rings (SSSR count). The van der Waals surface area contributed by atoms with Crippen molar-refractivity contribution in [2.45, 2.75) is 79.1 Å². The molecule has 0 bridgehead atoms. The normalized spacial score (nSPS) is 20.5. The van der Waals surface area contributed by atoms with E-state index in [-0.39, 0.29) is 21.7 Å². The first-order valence-electron chi connectivity index (χ1n) is 17.7. The highest BCUT2D eigenvalue weighted by atomic mass is 15.2. The molecule has 0 fully saturated rings. The number of hydrogen-bond donors (Lipinski definition) is 1. The number of anilines is 1. The van der Waals surface area contributed by atoms with Gasteiger partial charge < -0.3 is 10.2 Å². The zero-order valence-corrected chi connectivity index (χ0v) is 30.9. The molecule has 0 spiro atoms. The standard InChI is InChI=1S/C46H54N2/c1-43(2,41-36-22-13-11-18-32(36)25-27-38(41)47-9)29-16-15-20-34-30-35(45(5,6)31-44(34,3)4)21-17-24-40-46(7,8)42-37-23-14-12-19-33(37)26-28-39(42)48(40)10/h11-28,30,47H,29,31H2,1-10H3/p+1/b16-15+,21-17+,34-20-,40-24+. The van der Waals surface area contributed by atoms with Gasteiger partial charge in [0.15, 0.2) is 0 Å². The highest BCUT2D eigenvalue weighted by Gasteiger charge is 2.40. The lowest BCUT2D eigenvalue weighted by Crippen LogP contribution is -2.73. The van der Waals surface area contributed by atoms with E-state index < -0.39 is 0 Å². The van der Waals surface area contributed by atoms with Gasteiger partial charge in [0.2, 0.25) is 0 Å². The van der Waals surface area contributed by atoms with Crippen LogP contribution in [0.1, 0.15) is 79.4 Å². The number of quaternary nitrogens is 1. The van der Waals surface area contributed by atoms with E-state index in [0.717, 1.165) is 12.8 Å². The fraction of sp³-hybridized carbons (Fsp3) is 0.348. The van der Waals surface area contributed by atoms with E-state index in [0.29, 0.717) is 0 Å². The summed E-state index contributed by atoms with van der Waals surface area (Å²) in [5.41, 5.74) is 9.71. The summed E-state index contributed by atoms with van der Waals surface area (Å²) in [6, 6.07) is 26.7. The third kappa shape index (κ3) is 6.01. The van der Waals surface area contributed by atoms with Crippen LogP contribution in [0.15, 0.2) is 132 Å². The first-order chi connectivity index (χ1) is 22.7. The Kier molecular flexibility index (Phi) is 8.71. The Morgan fingerprint density at radius 3 is 2.12 bits per heavy atom. The SMILES string of the molecule is C[NH2+]c1ccc2ccccc2c1C(C)(C)C/C=C/C=C1C=C(/C=C/C=C2/N(C)c3ccc4ccccc4c3C2(C)C)C(C)(C)CC/1(C)C. The molecule has 1 aliphatic carbocycles. The molecular weight excluding hydrogens is 581 g/mol. The topological polar surface area (TPSA) is 19.9 Å². The largest absolute Gasteiger partial charge is 0.347 e. The van der Waals surface area contributed by atoms with E-state index in [1.807, 2.05) is 0 Å². The second-order valence-corrected chi connectivity index (χ2v) is 16.5. The Labute approximate surface area is 289 Å². The molecule has 0 saturated carbocycles. The highest BCUT2D eigenvalue weighted by molar-refractivity contribution is 5.95. The molecule has 0 radical (unpaired) electrons. The van der Waals surface area contributed by atoms with Crippen molar-refractivity contribution in [1.82, 2.24) is 0 Å². The van der Waals surface area contributed by atoms with Gasteiger partial charge in [-0.05, 0) is 91.6 Å². The summed E-state index contributed by atoms with van der Waals surface area (Å²) < 4.78 is 0. The summed E-state index contributed by atoms with van der Waals surface area (Å²) in [4.78, 5) is 2.38. The third-order valence-electron chi connectivity index (χ3n) is 11.2. The Balaban J connectivity index is 1.27. The second kappa shape index (κ2) is 12.4. The number of rotatable bonds is 7. The van der Waals surface area contributed by atoms with Crippen LogP contribution in [0.2, 0.25) is 0 Å². The molecule has 2 aliphatic rings. The number of nitrogens with zero attached hydrogens (tertiary/aromatic N) is 1. The molecule has 248 valence electrons. The van der Waals surface area contributed by atoms with Gasteiger partial charge in [0.25, 0.3) is 0 Å². The molecule has 4 aromatic rings. The van der Waals surface area contributed by atoms with Crippen molar-refractivity contribution in [3.63, 3.8) is 0 Å². The Morgan fingerprint density at radius 2 is 1.42 bits per heavy atom. The van der Waals surface area contributed by atoms with Crippen LogP contribution in [0.5, 0.6) is 0 Å². The molecule has 2 N–H and O–H groups in total. The Hall–Kier alpha value is -4.14. The van der Waals surface area contributed by atoms with E-state index in [1.54, 1.807) is 0 Å². The van der Waals surface area contributed by atoms with Crippen LogP contribution in [0.4, 0.5) is 11.4 Å². The Bertz CT molecular complexity index is 2020. The molecule has 0 amide bonds. The van der Waals surface area contributed by atoms with E-state index >= 15 is 0 Å². The number of fused-ring (bicyclic) bond motifs is 4. The average molecular weight is 636 g/mol. The van der Waals surface area contributed by atoms with Crippen molar-refractivity contribution in [1.29, 1.82) is 0 Å². The van der Waals surface area contributed by atoms with Crippen LogP contribution < -0.4 is 10.2 Å². The molecule has 0 unspecified atom stereocenters. The van der Waals surface area contributed by atoms with Gasteiger partial charge in [0.1, 0.15) is 5.69 Å². The van der Waals surface area contributed by atoms with E-state index in [1.165, 1.54) is 60.9 Å². The predicted molar refractivity (Wildman–Crippen MR) is 209 cm³/mol. The van der Waals surface area contributed by atoms with Crippen molar-refractivity contribution in [3.8, 4) is 0 Å². The van der Waals surface area contributed by atoms with Gasteiger partial charge in [-0.25, -0.2) is 0 Å². The molecule has 4 aromatic carbocycles. The van der Waals surface area contributed by atoms with Gasteiger partial charge >= 0.3 is 0 Å². The van der Waals surface area contributed by atoms with Gasteiger partial charge in [-0.2, -0.15) is 0 Å². The molecule has 2 nitrogen and oxygen atoms in total. The molecule has 48 heavy (non-hydrogen) atoms. The lowest BCUT2D eigenvalue weighted by molar-refractivity contribution is -0.540. The predicted octanol–water partition coefficient (Wildman–Crippen LogP) is 11.2. The molecular formula is C46H55N2+. The summed E-state index contributed by atoms with van der Waals surface area (Å²) in [5, 5.41) is 7.58. The number of hydrogen-bond acceptors (Lipinski definition) is 1. The van der Waals surface area contributed by atoms with Crippen molar-refractivity contribution >= 4 is 32.9 Å². The minimum atomic E-state index is -0.0840. The summed E-state index contributed by atoms with van der Waals surface area (Å²) in [6.45, 7) is 19.1. The van der Waals surface area contributed by atoms with Crippen LogP contribution in [0.25, 0.3) is 21.5 Å². The third-order valence-corrected chi connectivity index (χ3v) is 11.2. The molecule has 1 heterocycles. The smallest absolute Gasteiger partial charge is 0.133 e. The van der Waals surface area contributed by atoms with Gasteiger partial charge in [-0.15, -0.1) is 0 Å². The van der Waals surface area contributed by atoms with Crippen molar-refractivity contribution in [2.75, 3.05) is 19.0 Å². The average Bonchev–Trinajstić information content (AvgIpc) is 3.23. The minimum Gasteiger partial charge on any atom is -0.347 e. The van der Waals surface area contributed by atoms with E-state index in [9.17, 15) is 0 Å². The lowest BCUT2D eigenvalue weighted by atomic mass is 9.63. The molecule has 2 heteroatoms. The fourth-order valence-corrected chi connectivity index (χ4v) is 8.77. The first-order valence-corrected chi connectivity index (χ1v) is 17.7. The zero-order chi connectivity index (χ0) is 34.5. The molecule has 0 atom stereocenters. The van der Waals surface area contributed by atoms with Gasteiger partial charge in [0.05, 0.1) is 7.05 Å². The second-order valence-electron chi connectivity index (χ2n) is 16.5. The first kappa shape index (κ1) is 33.7. The maximum Gasteiger partial charge on any atom is 0.133 e. The van der Waals surface area contributed by atoms with Crippen LogP contribution in [-0.4, -0.2) is 14.1 Å². The number of nitrogens with two attached hydrogens (primary N) is 1. The monoisotopic (exact) mass is 635 g/mol. The maximum absolute atomic E-state index is 2.45. The van der Waals surface area contributed by atoms with Crippen molar-refractivity contribution < 1.29 is 5.32 Å². The van der Waals surface area contributed by atoms with E-state index in [2.05, 4.69) is 195 Å². The number of benzene rings is 4. The summed E-state index contributed by atoms with van der Waals surface area (Å²) in [7, 11) is 4.36. The van der Waals surface area contributed by atoms with Crippen LogP contribution in [0, 0.1) is 10.8 Å². The van der Waals surface area contributed by atoms with Gasteiger partial charge in [-0.1, -0.05) is 146 Å². The number of allylic oxidation sites excluding steroid dienone is 10. The molecule has 0 saturated heterocycles. The number of likely N-dealkylation sites (N-methyl/N-ethyl adjacent to an activating group) is 1. The summed E-state index contributed by atoms with van der Waals surface area (Å²) in [6.07, 6.45) is 18.6. The van der Waals surface area contributed by atoms with Crippen molar-refractivity contribution in [2.24, 2.45) is 10.8 Å². The van der Waals surface area contributed by atoms with E-state index in [4.69, 9.17) is 0 Å². The van der Waals surface area contributed by atoms with Crippen LogP contribution in [0.3, 0.4) is 0 Å². The molecule has 0 aromatic heterocycles. The quantitative estimate of drug-likeness (QED) is 0.200. The minimum absolute atomic E-state index is 0.00610. The fourth-order valence-electron chi connectivity index (χ4n) is 8.77. The molecule has 1 aliphatic heterocycles. The lowest BCUT2D eigenvalue weighted by Gasteiger charge is -2.42. The van der Waals surface area contributed by atoms with Crippen LogP contribution in [-0.2, 0) is 10.8 Å². The summed E-state index contributed by atoms with van der Waals surface area (Å²) in [5.74, 6) is 0. The van der Waals surface area contributed by atoms with Crippen molar-refractivity contribution in [3.05, 3.63) is 143 Å². The van der Waals surface area contributed by atoms with Gasteiger partial charge in [-0.3, -0.25) is 0 Å². The van der Waals surface area contributed by atoms with Gasteiger partial charge in [0, 0.05) is 29.4 Å². The Morgan fingerprint density at radius 1 is 0.771 bits per heavy atom. The zero-order valence-electron chi connectivity index (χ0n) is 30.9. The van der Waals surface area contributed by atoms with Crippen LogP contribution >= 0.6 is 0 Å².